The number of ether oxygens (including phenoxy) is 1. The van der Waals surface area contributed by atoms with Crippen molar-refractivity contribution in [2.24, 2.45) is 5.73 Å². The molecule has 1 atom stereocenters. The minimum Gasteiger partial charge on any atom is -0.385 e. The second kappa shape index (κ2) is 7.04. The van der Waals surface area contributed by atoms with Crippen molar-refractivity contribution in [3.05, 3.63) is 35.4 Å². The molecule has 0 aliphatic carbocycles. The van der Waals surface area contributed by atoms with E-state index in [1.165, 1.54) is 0 Å². The maximum atomic E-state index is 10.9. The molecular weight excluding hydrogens is 216 g/mol. The molecule has 0 aliphatic heterocycles. The summed E-state index contributed by atoms with van der Waals surface area (Å²) < 4.78 is 5.02. The molecule has 0 fully saturated rings. The highest BCUT2D eigenvalue weighted by atomic mass is 16.5. The van der Waals surface area contributed by atoms with Crippen molar-refractivity contribution in [1.29, 1.82) is 0 Å². The third kappa shape index (κ3) is 4.97. The van der Waals surface area contributed by atoms with E-state index >= 15 is 0 Å². The normalized spacial score (nSPS) is 12.4. The molecule has 3 N–H and O–H groups in total. The Kier molecular flexibility index (Phi) is 5.66. The second-order valence-corrected chi connectivity index (χ2v) is 4.12. The summed E-state index contributed by atoms with van der Waals surface area (Å²) in [6.45, 7) is 3.66. The number of benzene rings is 1. The summed E-state index contributed by atoms with van der Waals surface area (Å²) in [6, 6.07) is 7.73. The van der Waals surface area contributed by atoms with Gasteiger partial charge in [0, 0.05) is 31.9 Å². The zero-order valence-corrected chi connectivity index (χ0v) is 10.4. The quantitative estimate of drug-likeness (QED) is 0.750. The molecule has 94 valence electrons. The number of nitrogens with two attached hydrogens (primary N) is 1. The lowest BCUT2D eigenvalue weighted by atomic mass is 10.1. The molecule has 1 amide bonds. The summed E-state index contributed by atoms with van der Waals surface area (Å²) in [5.74, 6) is -0.391. The van der Waals surface area contributed by atoms with Crippen LogP contribution in [-0.2, 0) is 11.3 Å². The van der Waals surface area contributed by atoms with Crippen LogP contribution in [0.3, 0.4) is 0 Å². The van der Waals surface area contributed by atoms with E-state index < -0.39 is 5.91 Å². The molecule has 1 aromatic carbocycles. The Balaban J connectivity index is 2.39. The lowest BCUT2D eigenvalue weighted by Crippen LogP contribution is -2.26. The van der Waals surface area contributed by atoms with Crippen molar-refractivity contribution in [2.75, 3.05) is 13.7 Å². The van der Waals surface area contributed by atoms with Crippen LogP contribution in [0.15, 0.2) is 24.3 Å². The van der Waals surface area contributed by atoms with Crippen molar-refractivity contribution >= 4 is 5.91 Å². The fourth-order valence-corrected chi connectivity index (χ4v) is 1.48. The molecule has 0 aliphatic rings. The van der Waals surface area contributed by atoms with Gasteiger partial charge in [-0.25, -0.2) is 0 Å². The summed E-state index contributed by atoms with van der Waals surface area (Å²) in [5.41, 5.74) is 6.85. The molecule has 0 heterocycles. The number of primary amides is 1. The molecule has 1 aromatic rings. The van der Waals surface area contributed by atoms with E-state index in [2.05, 4.69) is 12.2 Å². The summed E-state index contributed by atoms with van der Waals surface area (Å²) in [6.07, 6.45) is 0.982. The van der Waals surface area contributed by atoms with Gasteiger partial charge in [0.15, 0.2) is 0 Å². The largest absolute Gasteiger partial charge is 0.385 e. The minimum absolute atomic E-state index is 0.391. The van der Waals surface area contributed by atoms with Gasteiger partial charge >= 0.3 is 0 Å². The maximum absolute atomic E-state index is 10.9. The predicted octanol–water partition coefficient (Wildman–Crippen LogP) is 1.30. The first-order chi connectivity index (χ1) is 8.13. The first-order valence-corrected chi connectivity index (χ1v) is 5.74. The number of carbonyl (C=O) groups excluding carboxylic acids is 1. The van der Waals surface area contributed by atoms with Crippen LogP contribution in [0.5, 0.6) is 0 Å². The summed E-state index contributed by atoms with van der Waals surface area (Å²) in [4.78, 5) is 10.9. The van der Waals surface area contributed by atoms with Crippen LogP contribution in [0, 0.1) is 0 Å². The molecule has 0 saturated carbocycles. The van der Waals surface area contributed by atoms with E-state index in [1.807, 2.05) is 12.1 Å². The maximum Gasteiger partial charge on any atom is 0.248 e. The average Bonchev–Trinajstić information content (AvgIpc) is 2.34. The van der Waals surface area contributed by atoms with Crippen LogP contribution in [0.2, 0.25) is 0 Å². The Morgan fingerprint density at radius 3 is 2.59 bits per heavy atom. The number of rotatable bonds is 7. The average molecular weight is 236 g/mol. The lowest BCUT2D eigenvalue weighted by molar-refractivity contribution is 0.100. The van der Waals surface area contributed by atoms with E-state index in [0.717, 1.165) is 25.1 Å². The highest BCUT2D eigenvalue weighted by Crippen LogP contribution is 2.04. The van der Waals surface area contributed by atoms with Gasteiger partial charge in [0.05, 0.1) is 0 Å². The molecule has 17 heavy (non-hydrogen) atoms. The van der Waals surface area contributed by atoms with E-state index in [-0.39, 0.29) is 0 Å². The Hall–Kier alpha value is -1.39. The van der Waals surface area contributed by atoms with Gasteiger partial charge in [-0.3, -0.25) is 4.79 Å². The number of hydrogen-bond acceptors (Lipinski definition) is 3. The van der Waals surface area contributed by atoms with Crippen LogP contribution in [-0.4, -0.2) is 25.7 Å². The standard InChI is InChI=1S/C13H20N2O2/c1-10(7-8-17-2)15-9-11-3-5-12(6-4-11)13(14)16/h3-6,10,15H,7-9H2,1-2H3,(H2,14,16). The van der Waals surface area contributed by atoms with Gasteiger partial charge in [-0.15, -0.1) is 0 Å². The summed E-state index contributed by atoms with van der Waals surface area (Å²) in [5, 5.41) is 3.39. The number of nitrogens with one attached hydrogen (secondary N) is 1. The van der Waals surface area contributed by atoms with Crippen molar-refractivity contribution in [3.8, 4) is 0 Å². The molecule has 0 spiro atoms. The number of carbonyl (C=O) groups is 1. The minimum atomic E-state index is -0.391. The Labute approximate surface area is 102 Å². The molecule has 1 rings (SSSR count). The van der Waals surface area contributed by atoms with Crippen molar-refractivity contribution in [2.45, 2.75) is 25.9 Å². The fourth-order valence-electron chi connectivity index (χ4n) is 1.48. The van der Waals surface area contributed by atoms with Gasteiger partial charge in [0.1, 0.15) is 0 Å². The molecule has 4 heteroatoms. The van der Waals surface area contributed by atoms with Gasteiger partial charge in [-0.05, 0) is 31.0 Å². The zero-order chi connectivity index (χ0) is 12.7. The monoisotopic (exact) mass is 236 g/mol. The molecule has 0 radical (unpaired) electrons. The molecule has 0 aromatic heterocycles. The fraction of sp³-hybridized carbons (Fsp3) is 0.462. The molecule has 4 nitrogen and oxygen atoms in total. The van der Waals surface area contributed by atoms with Crippen LogP contribution in [0.25, 0.3) is 0 Å². The summed E-state index contributed by atoms with van der Waals surface area (Å²) >= 11 is 0. The highest BCUT2D eigenvalue weighted by molar-refractivity contribution is 5.92. The van der Waals surface area contributed by atoms with Crippen molar-refractivity contribution in [3.63, 3.8) is 0 Å². The van der Waals surface area contributed by atoms with Gasteiger partial charge in [-0.2, -0.15) is 0 Å². The van der Waals surface area contributed by atoms with Crippen LogP contribution < -0.4 is 11.1 Å². The lowest BCUT2D eigenvalue weighted by Gasteiger charge is -2.13. The molecular formula is C13H20N2O2. The van der Waals surface area contributed by atoms with Gasteiger partial charge in [0.2, 0.25) is 5.91 Å². The van der Waals surface area contributed by atoms with Crippen molar-refractivity contribution < 1.29 is 9.53 Å². The Morgan fingerprint density at radius 1 is 1.41 bits per heavy atom. The van der Waals surface area contributed by atoms with E-state index in [1.54, 1.807) is 19.2 Å². The number of methoxy groups -OCH3 is 1. The SMILES string of the molecule is COCCC(C)NCc1ccc(C(N)=O)cc1. The number of hydrogen-bond donors (Lipinski definition) is 2. The van der Waals surface area contributed by atoms with Gasteiger partial charge in [-0.1, -0.05) is 12.1 Å². The molecule has 0 saturated heterocycles. The van der Waals surface area contributed by atoms with Crippen LogP contribution in [0.4, 0.5) is 0 Å². The number of amides is 1. The van der Waals surface area contributed by atoms with Crippen LogP contribution >= 0.6 is 0 Å². The summed E-state index contributed by atoms with van der Waals surface area (Å²) in [7, 11) is 1.70. The smallest absolute Gasteiger partial charge is 0.248 e. The zero-order valence-electron chi connectivity index (χ0n) is 10.4. The van der Waals surface area contributed by atoms with Gasteiger partial charge in [0.25, 0.3) is 0 Å². The van der Waals surface area contributed by atoms with Crippen molar-refractivity contribution in [1.82, 2.24) is 5.32 Å². The molecule has 1 unspecified atom stereocenters. The molecule has 0 bridgehead atoms. The first-order valence-electron chi connectivity index (χ1n) is 5.74. The Morgan fingerprint density at radius 2 is 2.06 bits per heavy atom. The third-order valence-electron chi connectivity index (χ3n) is 2.65. The third-order valence-corrected chi connectivity index (χ3v) is 2.65. The topological polar surface area (TPSA) is 64.3 Å². The highest BCUT2D eigenvalue weighted by Gasteiger charge is 2.02. The van der Waals surface area contributed by atoms with E-state index in [9.17, 15) is 4.79 Å². The first kappa shape index (κ1) is 13.7. The predicted molar refractivity (Wildman–Crippen MR) is 67.8 cm³/mol. The Bertz CT molecular complexity index is 349. The van der Waals surface area contributed by atoms with E-state index in [0.29, 0.717) is 11.6 Å². The van der Waals surface area contributed by atoms with Gasteiger partial charge < -0.3 is 15.8 Å². The van der Waals surface area contributed by atoms with E-state index in [4.69, 9.17) is 10.5 Å². The second-order valence-electron chi connectivity index (χ2n) is 4.12. The van der Waals surface area contributed by atoms with Crippen LogP contribution in [0.1, 0.15) is 29.3 Å².